The maximum atomic E-state index is 11.6. The Bertz CT molecular complexity index is 488. The topological polar surface area (TPSA) is 61.8 Å². The normalized spacial score (nSPS) is 16.0. The molecule has 0 unspecified atom stereocenters. The summed E-state index contributed by atoms with van der Waals surface area (Å²) in [5, 5.41) is 13.2. The van der Waals surface area contributed by atoms with Crippen molar-refractivity contribution in [1.82, 2.24) is 10.2 Å². The van der Waals surface area contributed by atoms with Crippen molar-refractivity contribution in [1.29, 1.82) is 0 Å². The number of aromatic hydroxyl groups is 1. The molecule has 2 N–H and O–H groups in total. The van der Waals surface area contributed by atoms with Crippen LogP contribution in [-0.2, 0) is 11.3 Å². The van der Waals surface area contributed by atoms with E-state index in [0.717, 1.165) is 18.4 Å². The quantitative estimate of drug-likeness (QED) is 0.897. The number of carbonyl (C=O) groups excluding carboxylic acids is 1. The summed E-state index contributed by atoms with van der Waals surface area (Å²) in [5.74, 6) is 0.100. The van der Waals surface area contributed by atoms with E-state index in [-0.39, 0.29) is 11.8 Å². The molecule has 0 spiro atoms. The molecule has 1 fully saturated rings. The van der Waals surface area contributed by atoms with E-state index in [1.54, 1.807) is 17.0 Å². The maximum absolute atomic E-state index is 11.6. The van der Waals surface area contributed by atoms with Gasteiger partial charge < -0.3 is 20.1 Å². The lowest BCUT2D eigenvalue weighted by Crippen LogP contribution is -2.44. The predicted octanol–water partition coefficient (Wildman–Crippen LogP) is 2.76. The van der Waals surface area contributed by atoms with E-state index in [9.17, 15) is 9.90 Å². The number of likely N-dealkylation sites (tertiary alicyclic amines) is 1. The number of carbonyl (C=O) groups is 1. The molecule has 1 amide bonds. The molecule has 6 heteroatoms. The van der Waals surface area contributed by atoms with Crippen LogP contribution in [-0.4, -0.2) is 41.8 Å². The zero-order chi connectivity index (χ0) is 15.2. The number of hydrogen-bond acceptors (Lipinski definition) is 4. The van der Waals surface area contributed by atoms with Crippen molar-refractivity contribution in [3.8, 4) is 5.75 Å². The van der Waals surface area contributed by atoms with Crippen molar-refractivity contribution >= 4 is 17.7 Å². The molecule has 0 saturated carbocycles. The molecule has 1 aliphatic rings. The molecule has 0 radical (unpaired) electrons. The molecule has 0 bridgehead atoms. The number of halogens is 1. The Morgan fingerprint density at radius 2 is 2.19 bits per heavy atom. The minimum atomic E-state index is -0.221. The van der Waals surface area contributed by atoms with E-state index < -0.39 is 0 Å². The van der Waals surface area contributed by atoms with Gasteiger partial charge in [-0.1, -0.05) is 17.7 Å². The number of ether oxygens (including phenoxy) is 1. The van der Waals surface area contributed by atoms with Crippen LogP contribution in [0.3, 0.4) is 0 Å². The summed E-state index contributed by atoms with van der Waals surface area (Å²) < 4.78 is 5.00. The third kappa shape index (κ3) is 4.51. The van der Waals surface area contributed by atoms with Crippen LogP contribution < -0.4 is 5.32 Å². The number of amides is 1. The van der Waals surface area contributed by atoms with Crippen molar-refractivity contribution in [3.63, 3.8) is 0 Å². The van der Waals surface area contributed by atoms with Crippen LogP contribution in [0.1, 0.15) is 25.3 Å². The molecular weight excluding hydrogens is 292 g/mol. The molecule has 21 heavy (non-hydrogen) atoms. The summed E-state index contributed by atoms with van der Waals surface area (Å²) in [4.78, 5) is 13.3. The Labute approximate surface area is 129 Å². The standard InChI is InChI=1S/C15H21ClN2O3/c1-2-21-15(20)18-7-5-12(6-8-18)17-10-11-3-4-14(19)13(16)9-11/h3-4,9,12,17,19H,2,5-8,10H2,1H3. The minimum absolute atomic E-state index is 0.100. The average Bonchev–Trinajstić information content (AvgIpc) is 2.49. The Hall–Kier alpha value is -1.46. The summed E-state index contributed by atoms with van der Waals surface area (Å²) in [6.07, 6.45) is 1.59. The monoisotopic (exact) mass is 312 g/mol. The van der Waals surface area contributed by atoms with E-state index in [0.29, 0.717) is 37.3 Å². The van der Waals surface area contributed by atoms with Crippen molar-refractivity contribution in [2.24, 2.45) is 0 Å². The number of nitrogens with one attached hydrogen (secondary N) is 1. The van der Waals surface area contributed by atoms with Crippen molar-refractivity contribution in [3.05, 3.63) is 28.8 Å². The summed E-state index contributed by atoms with van der Waals surface area (Å²) in [5.41, 5.74) is 1.03. The lowest BCUT2D eigenvalue weighted by atomic mass is 10.0. The molecule has 0 aliphatic carbocycles. The fourth-order valence-corrected chi connectivity index (χ4v) is 2.61. The van der Waals surface area contributed by atoms with E-state index in [1.807, 2.05) is 13.0 Å². The van der Waals surface area contributed by atoms with Crippen molar-refractivity contribution in [2.45, 2.75) is 32.4 Å². The molecule has 1 aromatic rings. The highest BCUT2D eigenvalue weighted by Gasteiger charge is 2.23. The third-order valence-electron chi connectivity index (χ3n) is 3.63. The zero-order valence-corrected chi connectivity index (χ0v) is 12.9. The van der Waals surface area contributed by atoms with Gasteiger partial charge in [0.1, 0.15) is 5.75 Å². The van der Waals surface area contributed by atoms with Gasteiger partial charge in [-0.05, 0) is 37.5 Å². The van der Waals surface area contributed by atoms with Crippen LogP contribution in [0.25, 0.3) is 0 Å². The lowest BCUT2D eigenvalue weighted by Gasteiger charge is -2.31. The van der Waals surface area contributed by atoms with E-state index >= 15 is 0 Å². The van der Waals surface area contributed by atoms with Crippen LogP contribution >= 0.6 is 11.6 Å². The fourth-order valence-electron chi connectivity index (χ4n) is 2.40. The number of rotatable bonds is 4. The van der Waals surface area contributed by atoms with Gasteiger partial charge in [0, 0.05) is 25.7 Å². The molecule has 1 heterocycles. The number of phenols is 1. The van der Waals surface area contributed by atoms with Crippen LogP contribution in [0.4, 0.5) is 4.79 Å². The molecular formula is C15H21ClN2O3. The largest absolute Gasteiger partial charge is 0.506 e. The van der Waals surface area contributed by atoms with Gasteiger partial charge in [-0.15, -0.1) is 0 Å². The first-order valence-corrected chi connectivity index (χ1v) is 7.60. The second-order valence-electron chi connectivity index (χ2n) is 5.13. The number of benzene rings is 1. The molecule has 1 aliphatic heterocycles. The highest BCUT2D eigenvalue weighted by atomic mass is 35.5. The Morgan fingerprint density at radius 1 is 1.48 bits per heavy atom. The van der Waals surface area contributed by atoms with E-state index in [4.69, 9.17) is 16.3 Å². The minimum Gasteiger partial charge on any atom is -0.506 e. The predicted molar refractivity (Wildman–Crippen MR) is 81.6 cm³/mol. The number of hydrogen-bond donors (Lipinski definition) is 2. The number of piperidine rings is 1. The van der Waals surface area contributed by atoms with Gasteiger partial charge in [0.05, 0.1) is 11.6 Å². The smallest absolute Gasteiger partial charge is 0.409 e. The first-order chi connectivity index (χ1) is 10.1. The highest BCUT2D eigenvalue weighted by Crippen LogP contribution is 2.23. The summed E-state index contributed by atoms with van der Waals surface area (Å²) in [7, 11) is 0. The van der Waals surface area contributed by atoms with Crippen LogP contribution in [0.2, 0.25) is 5.02 Å². The molecule has 5 nitrogen and oxygen atoms in total. The van der Waals surface area contributed by atoms with E-state index in [1.165, 1.54) is 0 Å². The second-order valence-corrected chi connectivity index (χ2v) is 5.53. The molecule has 0 aromatic heterocycles. The molecule has 0 atom stereocenters. The first-order valence-electron chi connectivity index (χ1n) is 7.22. The van der Waals surface area contributed by atoms with Crippen LogP contribution in [0.5, 0.6) is 5.75 Å². The van der Waals surface area contributed by atoms with Gasteiger partial charge in [0.2, 0.25) is 0 Å². The second kappa shape index (κ2) is 7.52. The molecule has 1 aromatic carbocycles. The summed E-state index contributed by atoms with van der Waals surface area (Å²) in [6, 6.07) is 5.59. The van der Waals surface area contributed by atoms with Crippen molar-refractivity contribution in [2.75, 3.05) is 19.7 Å². The third-order valence-corrected chi connectivity index (χ3v) is 3.93. The Morgan fingerprint density at radius 3 is 2.81 bits per heavy atom. The number of phenolic OH excluding ortho intramolecular Hbond substituents is 1. The SMILES string of the molecule is CCOC(=O)N1CCC(NCc2ccc(O)c(Cl)c2)CC1. The zero-order valence-electron chi connectivity index (χ0n) is 12.1. The van der Waals surface area contributed by atoms with Crippen LogP contribution in [0.15, 0.2) is 18.2 Å². The van der Waals surface area contributed by atoms with Gasteiger partial charge in [-0.2, -0.15) is 0 Å². The number of nitrogens with zero attached hydrogens (tertiary/aromatic N) is 1. The fraction of sp³-hybridized carbons (Fsp3) is 0.533. The first kappa shape index (κ1) is 15.9. The molecule has 2 rings (SSSR count). The van der Waals surface area contributed by atoms with Gasteiger partial charge in [-0.25, -0.2) is 4.79 Å². The Kier molecular flexibility index (Phi) is 5.70. The van der Waals surface area contributed by atoms with Crippen LogP contribution in [0, 0.1) is 0 Å². The Balaban J connectivity index is 1.76. The van der Waals surface area contributed by atoms with Gasteiger partial charge >= 0.3 is 6.09 Å². The van der Waals surface area contributed by atoms with Gasteiger partial charge in [0.15, 0.2) is 0 Å². The summed E-state index contributed by atoms with van der Waals surface area (Å²) in [6.45, 7) is 4.36. The van der Waals surface area contributed by atoms with E-state index in [2.05, 4.69) is 5.32 Å². The van der Waals surface area contributed by atoms with Gasteiger partial charge in [-0.3, -0.25) is 0 Å². The maximum Gasteiger partial charge on any atom is 0.409 e. The van der Waals surface area contributed by atoms with Crippen molar-refractivity contribution < 1.29 is 14.6 Å². The molecule has 116 valence electrons. The average molecular weight is 313 g/mol. The molecule has 1 saturated heterocycles. The summed E-state index contributed by atoms with van der Waals surface area (Å²) >= 11 is 5.88. The lowest BCUT2D eigenvalue weighted by molar-refractivity contribution is 0.0950. The van der Waals surface area contributed by atoms with Gasteiger partial charge in [0.25, 0.3) is 0 Å². The highest BCUT2D eigenvalue weighted by molar-refractivity contribution is 6.32.